The van der Waals surface area contributed by atoms with Crippen molar-refractivity contribution in [3.05, 3.63) is 258 Å². The second-order valence-corrected chi connectivity index (χ2v) is 18.5. The van der Waals surface area contributed by atoms with Crippen LogP contribution in [-0.4, -0.2) is 24.1 Å². The number of hydrogen-bond acceptors (Lipinski definition) is 5. The van der Waals surface area contributed by atoms with Crippen LogP contribution in [0, 0.1) is 35.8 Å². The first kappa shape index (κ1) is 44.7. The van der Waals surface area contributed by atoms with Gasteiger partial charge in [-0.1, -0.05) is 127 Å². The fourth-order valence-electron chi connectivity index (χ4n) is 10.5. The van der Waals surface area contributed by atoms with Crippen LogP contribution >= 0.6 is 0 Å². The van der Waals surface area contributed by atoms with E-state index in [-0.39, 0.29) is 0 Å². The fraction of sp³-hybridized carbons (Fsp3) is 0. The Kier molecular flexibility index (Phi) is 10.8. The summed E-state index contributed by atoms with van der Waals surface area (Å²) in [6.45, 7) is 15.6. The van der Waals surface area contributed by atoms with Crippen molar-refractivity contribution in [1.82, 2.24) is 24.1 Å². The molecule has 3 aromatic heterocycles. The summed E-state index contributed by atoms with van der Waals surface area (Å²) >= 11 is 0. The van der Waals surface area contributed by atoms with E-state index in [0.717, 1.165) is 99.7 Å². The largest absolute Gasteiger partial charge is 0.309 e. The number of benzene rings is 10. The Labute approximate surface area is 437 Å². The molecule has 13 rings (SSSR count). The first-order chi connectivity index (χ1) is 37.4. The maximum absolute atomic E-state index is 9.99. The Morgan fingerprint density at radius 3 is 1.37 bits per heavy atom. The Hall–Kier alpha value is -11.2. The van der Waals surface area contributed by atoms with E-state index < -0.39 is 0 Å². The minimum Gasteiger partial charge on any atom is -0.309 e. The lowest BCUT2D eigenvalue weighted by molar-refractivity contribution is 1.06. The molecule has 0 bridgehead atoms. The SMILES string of the molecule is [C-]#[N+]c1cc(C#N)cc(-c2ccc3c(c2)c2cc(-c4cc(C#N)cc([N+]#[C-])c4)ccc2n3-c2ccc(-c3ccc4c5ccccc5n(-c5ccccc5)c4c3)cc2-c2nc(-c3ccccc3)nc(-c3ccccc3)n2)c1. The summed E-state index contributed by atoms with van der Waals surface area (Å²) in [5.41, 5.74) is 15.0. The quantitative estimate of drug-likeness (QED) is 0.141. The number of aromatic nitrogens is 5. The van der Waals surface area contributed by atoms with Crippen LogP contribution in [0.2, 0.25) is 0 Å². The van der Waals surface area contributed by atoms with Crippen LogP contribution in [0.3, 0.4) is 0 Å². The lowest BCUT2D eigenvalue weighted by Gasteiger charge is -2.17. The van der Waals surface area contributed by atoms with Gasteiger partial charge in [0.2, 0.25) is 0 Å². The van der Waals surface area contributed by atoms with Gasteiger partial charge in [-0.15, -0.1) is 0 Å². The average molecular weight is 968 g/mol. The van der Waals surface area contributed by atoms with Crippen molar-refractivity contribution >= 4 is 55.0 Å². The van der Waals surface area contributed by atoms with Gasteiger partial charge < -0.3 is 9.13 Å². The minimum absolute atomic E-state index is 0.374. The van der Waals surface area contributed by atoms with E-state index in [9.17, 15) is 10.5 Å². The fourth-order valence-corrected chi connectivity index (χ4v) is 10.5. The standard InChI is InChI=1S/C67H37N9/c1-70-52-32-42(40-68)30-50(34-52)47-24-27-61-57(36-47)58-37-48(51-31-43(41-69)33-53(35-51)71-2)25-28-62(58)76(61)63-29-23-46(49-22-26-56-55-20-12-13-21-60(55)75(64(56)39-49)54-18-10-5-11-19-54)38-59(63)67-73-65(44-14-6-3-7-15-44)72-66(74-67)45-16-8-4-9-17-45/h3-39H. The van der Waals surface area contributed by atoms with Gasteiger partial charge in [0.05, 0.1) is 53.0 Å². The first-order valence-electron chi connectivity index (χ1n) is 24.5. The number of para-hydroxylation sites is 2. The summed E-state index contributed by atoms with van der Waals surface area (Å²) in [4.78, 5) is 23.1. The molecule has 0 aliphatic rings. The third-order valence-corrected chi connectivity index (χ3v) is 14.0. The van der Waals surface area contributed by atoms with Gasteiger partial charge in [0, 0.05) is 55.0 Å². The molecular weight excluding hydrogens is 931 g/mol. The third kappa shape index (κ3) is 7.75. The minimum atomic E-state index is 0.374. The van der Waals surface area contributed by atoms with E-state index in [1.165, 1.54) is 5.39 Å². The average Bonchev–Trinajstić information content (AvgIpc) is 4.02. The van der Waals surface area contributed by atoms with Crippen molar-refractivity contribution in [2.75, 3.05) is 0 Å². The molecule has 0 unspecified atom stereocenters. The molecular formula is C67H37N9. The molecule has 0 radical (unpaired) electrons. The molecule has 350 valence electrons. The van der Waals surface area contributed by atoms with E-state index >= 15 is 0 Å². The molecule has 0 spiro atoms. The van der Waals surface area contributed by atoms with Crippen molar-refractivity contribution in [1.29, 1.82) is 10.5 Å². The molecule has 0 saturated carbocycles. The predicted molar refractivity (Wildman–Crippen MR) is 303 cm³/mol. The number of fused-ring (bicyclic) bond motifs is 6. The summed E-state index contributed by atoms with van der Waals surface area (Å²) in [6.07, 6.45) is 0. The zero-order valence-corrected chi connectivity index (χ0v) is 40.4. The van der Waals surface area contributed by atoms with Crippen LogP contribution < -0.4 is 0 Å². The van der Waals surface area contributed by atoms with Gasteiger partial charge in [0.1, 0.15) is 0 Å². The smallest absolute Gasteiger partial charge is 0.189 e. The maximum atomic E-state index is 9.99. The lowest BCUT2D eigenvalue weighted by atomic mass is 9.98. The topological polar surface area (TPSA) is 105 Å². The Morgan fingerprint density at radius 2 is 0.803 bits per heavy atom. The maximum Gasteiger partial charge on any atom is 0.189 e. The van der Waals surface area contributed by atoms with Crippen molar-refractivity contribution in [3.8, 4) is 91.1 Å². The highest BCUT2D eigenvalue weighted by molar-refractivity contribution is 6.13. The molecule has 76 heavy (non-hydrogen) atoms. The van der Waals surface area contributed by atoms with Gasteiger partial charge >= 0.3 is 0 Å². The number of hydrogen-bond donors (Lipinski definition) is 0. The Balaban J connectivity index is 1.10. The van der Waals surface area contributed by atoms with Crippen LogP contribution in [0.5, 0.6) is 0 Å². The Morgan fingerprint density at radius 1 is 0.342 bits per heavy atom. The highest BCUT2D eigenvalue weighted by atomic mass is 15.1. The predicted octanol–water partition coefficient (Wildman–Crippen LogP) is 16.9. The van der Waals surface area contributed by atoms with Crippen LogP contribution in [0.4, 0.5) is 11.4 Å². The monoisotopic (exact) mass is 967 g/mol. The van der Waals surface area contributed by atoms with Gasteiger partial charge in [-0.2, -0.15) is 10.5 Å². The van der Waals surface area contributed by atoms with Crippen molar-refractivity contribution in [3.63, 3.8) is 0 Å². The van der Waals surface area contributed by atoms with Crippen molar-refractivity contribution < 1.29 is 0 Å². The van der Waals surface area contributed by atoms with E-state index in [1.807, 2.05) is 103 Å². The highest BCUT2D eigenvalue weighted by Gasteiger charge is 2.23. The zero-order chi connectivity index (χ0) is 51.3. The molecule has 0 saturated heterocycles. The van der Waals surface area contributed by atoms with Gasteiger partial charge in [-0.05, 0) is 130 Å². The second kappa shape index (κ2) is 18.4. The van der Waals surface area contributed by atoms with E-state index in [2.05, 4.69) is 140 Å². The third-order valence-electron chi connectivity index (χ3n) is 14.0. The summed E-state index contributed by atoms with van der Waals surface area (Å²) in [6, 6.07) is 79.4. The summed E-state index contributed by atoms with van der Waals surface area (Å²) < 4.78 is 4.57. The molecule has 0 atom stereocenters. The van der Waals surface area contributed by atoms with Crippen LogP contribution in [0.15, 0.2) is 224 Å². The summed E-state index contributed by atoms with van der Waals surface area (Å²) in [5.74, 6) is 1.54. The first-order valence-corrected chi connectivity index (χ1v) is 24.5. The van der Waals surface area contributed by atoms with E-state index in [0.29, 0.717) is 40.0 Å². The lowest BCUT2D eigenvalue weighted by Crippen LogP contribution is -2.04. The molecule has 9 nitrogen and oxygen atoms in total. The van der Waals surface area contributed by atoms with Crippen LogP contribution in [0.25, 0.3) is 132 Å². The summed E-state index contributed by atoms with van der Waals surface area (Å²) in [5, 5.41) is 24.1. The van der Waals surface area contributed by atoms with Crippen molar-refractivity contribution in [2.24, 2.45) is 0 Å². The molecule has 3 heterocycles. The zero-order valence-electron chi connectivity index (χ0n) is 40.4. The number of nitriles is 2. The molecule has 0 amide bonds. The number of nitrogens with zero attached hydrogens (tertiary/aromatic N) is 9. The second-order valence-electron chi connectivity index (χ2n) is 18.5. The molecule has 10 aromatic carbocycles. The van der Waals surface area contributed by atoms with Gasteiger partial charge in [-0.25, -0.2) is 24.6 Å². The molecule has 0 fully saturated rings. The van der Waals surface area contributed by atoms with Gasteiger partial charge in [0.25, 0.3) is 0 Å². The van der Waals surface area contributed by atoms with Crippen LogP contribution in [0.1, 0.15) is 11.1 Å². The van der Waals surface area contributed by atoms with Gasteiger partial charge in [-0.3, -0.25) is 0 Å². The summed E-state index contributed by atoms with van der Waals surface area (Å²) in [7, 11) is 0. The van der Waals surface area contributed by atoms with Crippen molar-refractivity contribution in [2.45, 2.75) is 0 Å². The normalized spacial score (nSPS) is 11.1. The molecule has 13 aromatic rings. The Bertz CT molecular complexity index is 4420. The molecule has 0 aliphatic heterocycles. The van der Waals surface area contributed by atoms with Crippen LogP contribution in [-0.2, 0) is 0 Å². The number of rotatable bonds is 8. The van der Waals surface area contributed by atoms with E-state index in [1.54, 1.807) is 12.1 Å². The van der Waals surface area contributed by atoms with E-state index in [4.69, 9.17) is 28.1 Å². The van der Waals surface area contributed by atoms with Gasteiger partial charge in [0.15, 0.2) is 28.8 Å². The highest BCUT2D eigenvalue weighted by Crippen LogP contribution is 2.43. The molecule has 0 aliphatic carbocycles. The molecule has 0 N–H and O–H groups in total. The molecule has 9 heteroatoms.